The molecule has 0 bridgehead atoms. The molecule has 1 heterocycles. The highest BCUT2D eigenvalue weighted by Crippen LogP contribution is 2.28. The van der Waals surface area contributed by atoms with E-state index in [1.807, 2.05) is 43.3 Å². The first kappa shape index (κ1) is 21.2. The van der Waals surface area contributed by atoms with Gasteiger partial charge in [0.15, 0.2) is 4.90 Å². The maximum atomic E-state index is 12.8. The largest absolute Gasteiger partial charge is 0.378 e. The maximum absolute atomic E-state index is 12.8. The zero-order valence-electron chi connectivity index (χ0n) is 16.6. The smallest absolute Gasteiger partial charge is 0.289 e. The normalized spacial score (nSPS) is 15.9. The molecule has 0 aromatic heterocycles. The molecule has 0 spiro atoms. The Morgan fingerprint density at radius 2 is 1.72 bits per heavy atom. The van der Waals surface area contributed by atoms with Gasteiger partial charge in [0, 0.05) is 38.4 Å². The standard InChI is InChI=1S/C20H26N4O4S/c1-22(2)17-11-9-16(10-12-17)19(23-13-5-6-14-23)15-21-29(27,28)20-8-4-3-7-18(20)24(25)26/h3-4,7-12,19,21H,5-6,13-15H2,1-2H3/t19-/m0/s1. The Labute approximate surface area is 171 Å². The van der Waals surface area contributed by atoms with Gasteiger partial charge < -0.3 is 4.90 Å². The Kier molecular flexibility index (Phi) is 6.51. The van der Waals surface area contributed by atoms with Crippen molar-refractivity contribution < 1.29 is 13.3 Å². The van der Waals surface area contributed by atoms with E-state index >= 15 is 0 Å². The zero-order chi connectivity index (χ0) is 21.0. The van der Waals surface area contributed by atoms with Crippen LogP contribution in [-0.4, -0.2) is 52.0 Å². The van der Waals surface area contributed by atoms with E-state index in [0.717, 1.165) is 37.2 Å². The fourth-order valence-corrected chi connectivity index (χ4v) is 4.82. The first-order valence-corrected chi connectivity index (χ1v) is 11.0. The van der Waals surface area contributed by atoms with E-state index < -0.39 is 20.6 Å². The van der Waals surface area contributed by atoms with Crippen molar-refractivity contribution >= 4 is 21.4 Å². The third-order valence-corrected chi connectivity index (χ3v) is 6.66. The Balaban J connectivity index is 1.84. The van der Waals surface area contributed by atoms with Crippen molar-refractivity contribution in [3.63, 3.8) is 0 Å². The van der Waals surface area contributed by atoms with Gasteiger partial charge in [0.1, 0.15) is 0 Å². The number of likely N-dealkylation sites (tertiary alicyclic amines) is 1. The highest BCUT2D eigenvalue weighted by molar-refractivity contribution is 7.89. The van der Waals surface area contributed by atoms with Gasteiger partial charge in [-0.3, -0.25) is 15.0 Å². The number of benzene rings is 2. The molecule has 2 aromatic carbocycles. The molecule has 0 unspecified atom stereocenters. The first-order valence-electron chi connectivity index (χ1n) is 9.54. The highest BCUT2D eigenvalue weighted by Gasteiger charge is 2.29. The van der Waals surface area contributed by atoms with Gasteiger partial charge in [0.05, 0.1) is 4.92 Å². The molecule has 1 saturated heterocycles. The van der Waals surface area contributed by atoms with E-state index in [0.29, 0.717) is 0 Å². The average Bonchev–Trinajstić information content (AvgIpc) is 3.23. The second-order valence-electron chi connectivity index (χ2n) is 7.32. The molecule has 2 aromatic rings. The van der Waals surface area contributed by atoms with Crippen LogP contribution >= 0.6 is 0 Å². The minimum Gasteiger partial charge on any atom is -0.378 e. The summed E-state index contributed by atoms with van der Waals surface area (Å²) in [5.74, 6) is 0. The van der Waals surface area contributed by atoms with Gasteiger partial charge in [-0.1, -0.05) is 24.3 Å². The quantitative estimate of drug-likeness (QED) is 0.523. The fraction of sp³-hybridized carbons (Fsp3) is 0.400. The second kappa shape index (κ2) is 8.89. The third-order valence-electron chi connectivity index (χ3n) is 5.19. The monoisotopic (exact) mass is 418 g/mol. The topological polar surface area (TPSA) is 95.8 Å². The molecule has 1 aliphatic rings. The molecular weight excluding hydrogens is 392 g/mol. The molecule has 0 aliphatic carbocycles. The number of anilines is 1. The van der Waals surface area contributed by atoms with Crippen LogP contribution in [0.15, 0.2) is 53.4 Å². The summed E-state index contributed by atoms with van der Waals surface area (Å²) in [7, 11) is -0.0845. The Hall–Kier alpha value is -2.49. The predicted octanol–water partition coefficient (Wildman–Crippen LogP) is 2.78. The lowest BCUT2D eigenvalue weighted by atomic mass is 10.1. The van der Waals surface area contributed by atoms with Crippen LogP contribution in [0.3, 0.4) is 0 Å². The van der Waals surface area contributed by atoms with E-state index in [1.165, 1.54) is 24.3 Å². The third kappa shape index (κ3) is 4.92. The van der Waals surface area contributed by atoms with Crippen LogP contribution in [-0.2, 0) is 10.0 Å². The van der Waals surface area contributed by atoms with Crippen molar-refractivity contribution in [1.82, 2.24) is 9.62 Å². The van der Waals surface area contributed by atoms with Crippen molar-refractivity contribution in [3.8, 4) is 0 Å². The Morgan fingerprint density at radius 1 is 1.10 bits per heavy atom. The van der Waals surface area contributed by atoms with Crippen molar-refractivity contribution in [3.05, 3.63) is 64.2 Å². The van der Waals surface area contributed by atoms with Crippen LogP contribution in [0, 0.1) is 10.1 Å². The second-order valence-corrected chi connectivity index (χ2v) is 9.06. The number of sulfonamides is 1. The van der Waals surface area contributed by atoms with Gasteiger partial charge in [-0.05, 0) is 49.7 Å². The molecule has 3 rings (SSSR count). The van der Waals surface area contributed by atoms with E-state index in [2.05, 4.69) is 9.62 Å². The Bertz CT molecular complexity index is 955. The van der Waals surface area contributed by atoms with E-state index in [-0.39, 0.29) is 17.5 Å². The molecule has 1 atom stereocenters. The minimum atomic E-state index is -4.02. The molecule has 8 nitrogen and oxygen atoms in total. The molecule has 1 fully saturated rings. The summed E-state index contributed by atoms with van der Waals surface area (Å²) in [6.07, 6.45) is 2.15. The number of nitrogens with one attached hydrogen (secondary N) is 1. The summed E-state index contributed by atoms with van der Waals surface area (Å²) < 4.78 is 28.2. The summed E-state index contributed by atoms with van der Waals surface area (Å²) in [5.41, 5.74) is 1.66. The van der Waals surface area contributed by atoms with Gasteiger partial charge in [-0.25, -0.2) is 13.1 Å². The average molecular weight is 419 g/mol. The lowest BCUT2D eigenvalue weighted by Crippen LogP contribution is -2.37. The minimum absolute atomic E-state index is 0.133. The fourth-order valence-electron chi connectivity index (χ4n) is 3.61. The lowest BCUT2D eigenvalue weighted by molar-refractivity contribution is -0.387. The van der Waals surface area contributed by atoms with Crippen molar-refractivity contribution in [2.75, 3.05) is 38.6 Å². The zero-order valence-corrected chi connectivity index (χ0v) is 17.4. The number of nitrogens with zero attached hydrogens (tertiary/aromatic N) is 3. The van der Waals surface area contributed by atoms with Crippen molar-refractivity contribution in [2.45, 2.75) is 23.8 Å². The summed E-state index contributed by atoms with van der Waals surface area (Å²) in [4.78, 5) is 14.5. The van der Waals surface area contributed by atoms with Crippen LogP contribution in [0.5, 0.6) is 0 Å². The molecule has 1 N–H and O–H groups in total. The molecule has 9 heteroatoms. The summed E-state index contributed by atoms with van der Waals surface area (Å²) in [6.45, 7) is 1.94. The van der Waals surface area contributed by atoms with Gasteiger partial charge in [0.2, 0.25) is 10.0 Å². The van der Waals surface area contributed by atoms with Gasteiger partial charge in [-0.15, -0.1) is 0 Å². The van der Waals surface area contributed by atoms with E-state index in [4.69, 9.17) is 0 Å². The number of hydrogen-bond donors (Lipinski definition) is 1. The van der Waals surface area contributed by atoms with Crippen molar-refractivity contribution in [2.24, 2.45) is 0 Å². The van der Waals surface area contributed by atoms with Gasteiger partial charge >= 0.3 is 0 Å². The van der Waals surface area contributed by atoms with Gasteiger partial charge in [0.25, 0.3) is 5.69 Å². The number of rotatable bonds is 8. The molecule has 0 radical (unpaired) electrons. The van der Waals surface area contributed by atoms with Crippen LogP contribution in [0.4, 0.5) is 11.4 Å². The summed E-state index contributed by atoms with van der Waals surface area (Å²) in [6, 6.07) is 13.3. The maximum Gasteiger partial charge on any atom is 0.289 e. The predicted molar refractivity (Wildman–Crippen MR) is 113 cm³/mol. The number of para-hydroxylation sites is 1. The molecule has 29 heavy (non-hydrogen) atoms. The number of nitro groups is 1. The molecule has 0 saturated carbocycles. The molecular formula is C20H26N4O4S. The highest BCUT2D eigenvalue weighted by atomic mass is 32.2. The molecule has 0 amide bonds. The molecule has 1 aliphatic heterocycles. The van der Waals surface area contributed by atoms with E-state index in [1.54, 1.807) is 0 Å². The molecule has 156 valence electrons. The van der Waals surface area contributed by atoms with E-state index in [9.17, 15) is 18.5 Å². The lowest BCUT2D eigenvalue weighted by Gasteiger charge is -2.28. The van der Waals surface area contributed by atoms with Crippen LogP contribution in [0.2, 0.25) is 0 Å². The van der Waals surface area contributed by atoms with Crippen LogP contribution in [0.1, 0.15) is 24.4 Å². The summed E-state index contributed by atoms with van der Waals surface area (Å²) in [5, 5.41) is 11.2. The number of nitro benzene ring substituents is 1. The Morgan fingerprint density at radius 3 is 2.31 bits per heavy atom. The van der Waals surface area contributed by atoms with Crippen molar-refractivity contribution in [1.29, 1.82) is 0 Å². The SMILES string of the molecule is CN(C)c1ccc([C@H](CNS(=O)(=O)c2ccccc2[N+](=O)[O-])N2CCCC2)cc1. The van der Waals surface area contributed by atoms with Gasteiger partial charge in [-0.2, -0.15) is 0 Å². The number of hydrogen-bond acceptors (Lipinski definition) is 6. The van der Waals surface area contributed by atoms with Crippen LogP contribution in [0.25, 0.3) is 0 Å². The summed E-state index contributed by atoms with van der Waals surface area (Å²) >= 11 is 0. The first-order chi connectivity index (χ1) is 13.8. The van der Waals surface area contributed by atoms with Crippen LogP contribution < -0.4 is 9.62 Å².